The van der Waals surface area contributed by atoms with Crippen LogP contribution in [0.2, 0.25) is 0 Å². The Morgan fingerprint density at radius 2 is 1.96 bits per heavy atom. The summed E-state index contributed by atoms with van der Waals surface area (Å²) in [5, 5.41) is 6.68. The summed E-state index contributed by atoms with van der Waals surface area (Å²) in [6.07, 6.45) is 5.85. The number of carbonyl (C=O) groups excluding carboxylic acids is 2. The number of pyridine rings is 1. The highest BCUT2D eigenvalue weighted by Crippen LogP contribution is 2.28. The van der Waals surface area contributed by atoms with E-state index in [-0.39, 0.29) is 17.7 Å². The number of carbonyl (C=O) groups is 2. The van der Waals surface area contributed by atoms with Crippen LogP contribution in [-0.4, -0.2) is 22.8 Å². The van der Waals surface area contributed by atoms with Crippen LogP contribution in [0.25, 0.3) is 10.9 Å². The van der Waals surface area contributed by atoms with Crippen LogP contribution < -0.4 is 10.6 Å². The van der Waals surface area contributed by atoms with E-state index in [9.17, 15) is 9.59 Å². The molecule has 2 amide bonds. The van der Waals surface area contributed by atoms with Crippen molar-refractivity contribution in [1.82, 2.24) is 10.3 Å². The monoisotopic (exact) mass is 311 g/mol. The summed E-state index contributed by atoms with van der Waals surface area (Å²) in [5.74, 6) is -0.120. The highest BCUT2D eigenvalue weighted by molar-refractivity contribution is 5.98. The van der Waals surface area contributed by atoms with Gasteiger partial charge in [-0.2, -0.15) is 0 Å². The molecule has 0 aliphatic heterocycles. The van der Waals surface area contributed by atoms with Gasteiger partial charge in [0.25, 0.3) is 0 Å². The van der Waals surface area contributed by atoms with Crippen molar-refractivity contribution in [2.45, 2.75) is 38.6 Å². The second-order valence-corrected chi connectivity index (χ2v) is 6.13. The van der Waals surface area contributed by atoms with Gasteiger partial charge >= 0.3 is 0 Å². The fraction of sp³-hybridized carbons (Fsp3) is 0.389. The molecule has 0 bridgehead atoms. The Morgan fingerprint density at radius 1 is 1.22 bits per heavy atom. The first-order chi connectivity index (χ1) is 11.1. The highest BCUT2D eigenvalue weighted by Gasteiger charge is 2.31. The quantitative estimate of drug-likeness (QED) is 0.912. The van der Waals surface area contributed by atoms with Gasteiger partial charge in [0.15, 0.2) is 0 Å². The Bertz CT molecular complexity index is 723. The average Bonchev–Trinajstić information content (AvgIpc) is 3.06. The molecule has 1 fully saturated rings. The second-order valence-electron chi connectivity index (χ2n) is 6.13. The molecule has 1 aliphatic carbocycles. The molecule has 1 heterocycles. The van der Waals surface area contributed by atoms with Gasteiger partial charge in [-0.05, 0) is 30.9 Å². The molecule has 1 saturated carbocycles. The summed E-state index contributed by atoms with van der Waals surface area (Å²) in [6, 6.07) is 9.19. The Kier molecular flexibility index (Phi) is 4.55. The SMILES string of the molecule is CC(=O)N[C@H](C(=O)Nc1cnc2ccccc2c1)C1CCCC1. The smallest absolute Gasteiger partial charge is 0.247 e. The number of amides is 2. The predicted octanol–water partition coefficient (Wildman–Crippen LogP) is 2.87. The minimum Gasteiger partial charge on any atom is -0.344 e. The van der Waals surface area contributed by atoms with Crippen LogP contribution in [0.4, 0.5) is 5.69 Å². The number of para-hydroxylation sites is 1. The predicted molar refractivity (Wildman–Crippen MR) is 89.9 cm³/mol. The first kappa shape index (κ1) is 15.5. The standard InChI is InChI=1S/C18H21N3O2/c1-12(22)20-17(13-6-2-3-7-13)18(23)21-15-10-14-8-4-5-9-16(14)19-11-15/h4-5,8-11,13,17H,2-3,6-7H2,1H3,(H,20,22)(H,21,23)/t17-/m0/s1. The van der Waals surface area contributed by atoms with Gasteiger partial charge in [0.2, 0.25) is 11.8 Å². The fourth-order valence-electron chi connectivity index (χ4n) is 3.27. The van der Waals surface area contributed by atoms with E-state index < -0.39 is 6.04 Å². The van der Waals surface area contributed by atoms with Crippen LogP contribution in [0.1, 0.15) is 32.6 Å². The van der Waals surface area contributed by atoms with E-state index in [1.54, 1.807) is 6.20 Å². The van der Waals surface area contributed by atoms with Gasteiger partial charge in [0.05, 0.1) is 17.4 Å². The zero-order chi connectivity index (χ0) is 16.2. The Morgan fingerprint density at radius 3 is 2.70 bits per heavy atom. The molecule has 0 unspecified atom stereocenters. The van der Waals surface area contributed by atoms with Crippen molar-refractivity contribution >= 4 is 28.4 Å². The average molecular weight is 311 g/mol. The third-order valence-electron chi connectivity index (χ3n) is 4.37. The van der Waals surface area contributed by atoms with Gasteiger partial charge in [-0.15, -0.1) is 0 Å². The minimum absolute atomic E-state index is 0.163. The summed E-state index contributed by atoms with van der Waals surface area (Å²) in [4.78, 5) is 28.4. The number of fused-ring (bicyclic) bond motifs is 1. The van der Waals surface area contributed by atoms with E-state index in [2.05, 4.69) is 15.6 Å². The van der Waals surface area contributed by atoms with E-state index in [1.165, 1.54) is 6.92 Å². The fourth-order valence-corrected chi connectivity index (χ4v) is 3.27. The lowest BCUT2D eigenvalue weighted by atomic mass is 9.97. The molecule has 2 aromatic rings. The summed E-state index contributed by atoms with van der Waals surface area (Å²) >= 11 is 0. The van der Waals surface area contributed by atoms with Gasteiger partial charge in [-0.1, -0.05) is 31.0 Å². The van der Waals surface area contributed by atoms with Gasteiger partial charge in [0.1, 0.15) is 6.04 Å². The van der Waals surface area contributed by atoms with Crippen LogP contribution in [0, 0.1) is 5.92 Å². The molecule has 1 aliphatic rings. The number of rotatable bonds is 4. The summed E-state index contributed by atoms with van der Waals surface area (Å²) < 4.78 is 0. The second kappa shape index (κ2) is 6.77. The van der Waals surface area contributed by atoms with E-state index in [0.717, 1.165) is 36.6 Å². The molecule has 0 saturated heterocycles. The zero-order valence-electron chi connectivity index (χ0n) is 13.2. The number of benzene rings is 1. The van der Waals surface area contributed by atoms with Gasteiger partial charge in [-0.25, -0.2) is 0 Å². The maximum absolute atomic E-state index is 12.6. The maximum atomic E-state index is 12.6. The minimum atomic E-state index is -0.471. The largest absolute Gasteiger partial charge is 0.344 e. The molecule has 5 heteroatoms. The van der Waals surface area contributed by atoms with E-state index >= 15 is 0 Å². The molecule has 2 N–H and O–H groups in total. The van der Waals surface area contributed by atoms with Crippen molar-refractivity contribution in [2.24, 2.45) is 5.92 Å². The van der Waals surface area contributed by atoms with Crippen LogP contribution >= 0.6 is 0 Å². The van der Waals surface area contributed by atoms with Gasteiger partial charge in [0, 0.05) is 12.3 Å². The van der Waals surface area contributed by atoms with E-state index in [4.69, 9.17) is 0 Å². The molecule has 1 aromatic heterocycles. The lowest BCUT2D eigenvalue weighted by molar-refractivity contribution is -0.126. The van der Waals surface area contributed by atoms with Crippen molar-refractivity contribution in [1.29, 1.82) is 0 Å². The lowest BCUT2D eigenvalue weighted by Crippen LogP contribution is -2.47. The third-order valence-corrected chi connectivity index (χ3v) is 4.37. The summed E-state index contributed by atoms with van der Waals surface area (Å²) in [7, 11) is 0. The number of hydrogen-bond acceptors (Lipinski definition) is 3. The topological polar surface area (TPSA) is 71.1 Å². The first-order valence-electron chi connectivity index (χ1n) is 8.06. The van der Waals surface area contributed by atoms with Crippen molar-refractivity contribution < 1.29 is 9.59 Å². The van der Waals surface area contributed by atoms with Crippen LogP contribution in [-0.2, 0) is 9.59 Å². The van der Waals surface area contributed by atoms with Gasteiger partial charge < -0.3 is 10.6 Å². The van der Waals surface area contributed by atoms with Crippen molar-refractivity contribution in [2.75, 3.05) is 5.32 Å². The van der Waals surface area contributed by atoms with Crippen molar-refractivity contribution in [3.8, 4) is 0 Å². The van der Waals surface area contributed by atoms with Gasteiger partial charge in [-0.3, -0.25) is 14.6 Å². The number of anilines is 1. The molecular formula is C18H21N3O2. The van der Waals surface area contributed by atoms with E-state index in [1.807, 2.05) is 30.3 Å². The molecule has 0 spiro atoms. The van der Waals surface area contributed by atoms with Crippen molar-refractivity contribution in [3.63, 3.8) is 0 Å². The van der Waals surface area contributed by atoms with Crippen LogP contribution in [0.15, 0.2) is 36.5 Å². The summed E-state index contributed by atoms with van der Waals surface area (Å²) in [6.45, 7) is 1.45. The lowest BCUT2D eigenvalue weighted by Gasteiger charge is -2.23. The number of nitrogens with one attached hydrogen (secondary N) is 2. The zero-order valence-corrected chi connectivity index (χ0v) is 13.2. The number of hydrogen-bond donors (Lipinski definition) is 2. The molecule has 0 radical (unpaired) electrons. The molecular weight excluding hydrogens is 290 g/mol. The Balaban J connectivity index is 1.77. The number of nitrogens with zero attached hydrogens (tertiary/aromatic N) is 1. The normalized spacial score (nSPS) is 16.2. The number of aromatic nitrogens is 1. The first-order valence-corrected chi connectivity index (χ1v) is 8.06. The van der Waals surface area contributed by atoms with Crippen molar-refractivity contribution in [3.05, 3.63) is 36.5 Å². The summed E-state index contributed by atoms with van der Waals surface area (Å²) in [5.41, 5.74) is 1.54. The maximum Gasteiger partial charge on any atom is 0.247 e. The molecule has 3 rings (SSSR count). The van der Waals surface area contributed by atoms with Crippen LogP contribution in [0.5, 0.6) is 0 Å². The Labute approximate surface area is 135 Å². The third kappa shape index (κ3) is 3.67. The Hall–Kier alpha value is -2.43. The molecule has 1 aromatic carbocycles. The molecule has 1 atom stereocenters. The molecule has 120 valence electrons. The van der Waals surface area contributed by atoms with E-state index in [0.29, 0.717) is 5.69 Å². The molecule has 5 nitrogen and oxygen atoms in total. The molecule has 23 heavy (non-hydrogen) atoms. The van der Waals surface area contributed by atoms with Crippen LogP contribution in [0.3, 0.4) is 0 Å². The highest BCUT2D eigenvalue weighted by atomic mass is 16.2.